The van der Waals surface area contributed by atoms with Crippen molar-refractivity contribution < 1.29 is 9.90 Å². The molecule has 2 rings (SSSR count). The fourth-order valence-corrected chi connectivity index (χ4v) is 1.73. The van der Waals surface area contributed by atoms with Crippen LogP contribution in [-0.4, -0.2) is 34.7 Å². The Kier molecular flexibility index (Phi) is 3.48. The third-order valence-corrected chi connectivity index (χ3v) is 2.61. The van der Waals surface area contributed by atoms with E-state index in [1.807, 2.05) is 12.1 Å². The minimum atomic E-state index is -0.408. The molecule has 0 saturated carbocycles. The molecular weight excluding hydrogens is 206 g/mol. The van der Waals surface area contributed by atoms with Crippen molar-refractivity contribution in [1.82, 2.24) is 15.6 Å². The third-order valence-electron chi connectivity index (χ3n) is 2.61. The Labute approximate surface area is 93.9 Å². The first-order chi connectivity index (χ1) is 7.75. The fourth-order valence-electron chi connectivity index (χ4n) is 1.73. The van der Waals surface area contributed by atoms with Gasteiger partial charge in [-0.25, -0.2) is 0 Å². The topological polar surface area (TPSA) is 74.2 Å². The van der Waals surface area contributed by atoms with Gasteiger partial charge in [-0.3, -0.25) is 9.78 Å². The molecule has 5 heteroatoms. The zero-order valence-corrected chi connectivity index (χ0v) is 8.89. The highest BCUT2D eigenvalue weighted by atomic mass is 16.3. The van der Waals surface area contributed by atoms with Crippen LogP contribution in [0.1, 0.15) is 12.0 Å². The van der Waals surface area contributed by atoms with Gasteiger partial charge in [-0.2, -0.15) is 0 Å². The monoisotopic (exact) mass is 221 g/mol. The molecule has 3 N–H and O–H groups in total. The van der Waals surface area contributed by atoms with E-state index < -0.39 is 6.10 Å². The van der Waals surface area contributed by atoms with Crippen LogP contribution in [0.4, 0.5) is 0 Å². The van der Waals surface area contributed by atoms with Crippen molar-refractivity contribution in [2.45, 2.75) is 25.1 Å². The molecule has 0 aromatic carbocycles. The number of hydrogen-bond acceptors (Lipinski definition) is 4. The number of rotatable bonds is 3. The second-order valence-electron chi connectivity index (χ2n) is 3.93. The number of nitrogens with one attached hydrogen (secondary N) is 2. The van der Waals surface area contributed by atoms with Crippen LogP contribution in [-0.2, 0) is 11.3 Å². The molecule has 1 aliphatic heterocycles. The highest BCUT2D eigenvalue weighted by molar-refractivity contribution is 5.82. The second kappa shape index (κ2) is 5.05. The molecule has 1 amide bonds. The van der Waals surface area contributed by atoms with Crippen molar-refractivity contribution >= 4 is 5.91 Å². The maximum absolute atomic E-state index is 11.7. The number of hydrogen-bond donors (Lipinski definition) is 3. The molecule has 0 bridgehead atoms. The molecule has 1 fully saturated rings. The Morgan fingerprint density at radius 2 is 2.56 bits per heavy atom. The number of aliphatic hydroxyl groups is 1. The van der Waals surface area contributed by atoms with Crippen molar-refractivity contribution in [2.75, 3.05) is 6.54 Å². The smallest absolute Gasteiger partial charge is 0.237 e. The Morgan fingerprint density at radius 1 is 1.69 bits per heavy atom. The molecule has 1 aromatic rings. The molecule has 1 saturated heterocycles. The number of carbonyl (C=O) groups is 1. The lowest BCUT2D eigenvalue weighted by Crippen LogP contribution is -2.40. The minimum absolute atomic E-state index is 0.0691. The maximum atomic E-state index is 11.7. The SMILES string of the molecule is O=C(NCc1cccnc1)C1CC(O)CN1. The van der Waals surface area contributed by atoms with E-state index in [1.54, 1.807) is 12.4 Å². The Balaban J connectivity index is 1.80. The Morgan fingerprint density at radius 3 is 3.19 bits per heavy atom. The predicted molar refractivity (Wildman–Crippen MR) is 58.5 cm³/mol. The molecule has 2 unspecified atom stereocenters. The highest BCUT2D eigenvalue weighted by Crippen LogP contribution is 2.06. The zero-order chi connectivity index (χ0) is 11.4. The molecule has 1 aliphatic rings. The van der Waals surface area contributed by atoms with Crippen molar-refractivity contribution in [3.8, 4) is 0 Å². The van der Waals surface area contributed by atoms with E-state index in [2.05, 4.69) is 15.6 Å². The van der Waals surface area contributed by atoms with Crippen LogP contribution in [0, 0.1) is 0 Å². The van der Waals surface area contributed by atoms with E-state index in [0.29, 0.717) is 19.5 Å². The number of β-amino-alcohol motifs (C(OH)–C–C–N with tert-alkyl or cyclic N) is 1. The van der Waals surface area contributed by atoms with E-state index in [0.717, 1.165) is 5.56 Å². The summed E-state index contributed by atoms with van der Waals surface area (Å²) in [5.74, 6) is -0.0691. The quantitative estimate of drug-likeness (QED) is 0.638. The number of amides is 1. The second-order valence-corrected chi connectivity index (χ2v) is 3.93. The normalized spacial score (nSPS) is 24.3. The fraction of sp³-hybridized carbons (Fsp3) is 0.455. The molecule has 5 nitrogen and oxygen atoms in total. The molecule has 2 heterocycles. The summed E-state index contributed by atoms with van der Waals surface area (Å²) < 4.78 is 0. The molecule has 16 heavy (non-hydrogen) atoms. The van der Waals surface area contributed by atoms with Crippen LogP contribution in [0.25, 0.3) is 0 Å². The molecule has 2 atom stereocenters. The third kappa shape index (κ3) is 2.77. The first-order valence-corrected chi connectivity index (χ1v) is 5.34. The molecule has 0 radical (unpaired) electrons. The van der Waals surface area contributed by atoms with Gasteiger partial charge in [-0.05, 0) is 18.1 Å². The van der Waals surface area contributed by atoms with Crippen molar-refractivity contribution in [3.63, 3.8) is 0 Å². The van der Waals surface area contributed by atoms with Crippen LogP contribution in [0.15, 0.2) is 24.5 Å². The van der Waals surface area contributed by atoms with Gasteiger partial charge in [0.05, 0.1) is 12.1 Å². The first kappa shape index (κ1) is 11.0. The molecule has 0 spiro atoms. The van der Waals surface area contributed by atoms with E-state index >= 15 is 0 Å². The van der Waals surface area contributed by atoms with Crippen molar-refractivity contribution in [1.29, 1.82) is 0 Å². The van der Waals surface area contributed by atoms with Crippen LogP contribution < -0.4 is 10.6 Å². The number of pyridine rings is 1. The standard InChI is InChI=1S/C11H15N3O2/c15-9-4-10(13-7-9)11(16)14-6-8-2-1-3-12-5-8/h1-3,5,9-10,13,15H,4,6-7H2,(H,14,16). The molecular formula is C11H15N3O2. The summed E-state index contributed by atoms with van der Waals surface area (Å²) >= 11 is 0. The lowest BCUT2D eigenvalue weighted by molar-refractivity contribution is -0.123. The summed E-state index contributed by atoms with van der Waals surface area (Å²) in [6.45, 7) is 0.964. The number of aliphatic hydroxyl groups excluding tert-OH is 1. The van der Waals surface area contributed by atoms with Crippen LogP contribution in [0.5, 0.6) is 0 Å². The van der Waals surface area contributed by atoms with Gasteiger partial charge >= 0.3 is 0 Å². The maximum Gasteiger partial charge on any atom is 0.237 e. The van der Waals surface area contributed by atoms with Gasteiger partial charge in [0.2, 0.25) is 5.91 Å². The summed E-state index contributed by atoms with van der Waals surface area (Å²) in [6.07, 6.45) is 3.49. The van der Waals surface area contributed by atoms with Crippen molar-refractivity contribution in [2.24, 2.45) is 0 Å². The number of nitrogens with zero attached hydrogens (tertiary/aromatic N) is 1. The molecule has 1 aromatic heterocycles. The van der Waals surface area contributed by atoms with E-state index in [-0.39, 0.29) is 11.9 Å². The van der Waals surface area contributed by atoms with Gasteiger partial charge in [-0.15, -0.1) is 0 Å². The summed E-state index contributed by atoms with van der Waals surface area (Å²) in [6, 6.07) is 3.47. The van der Waals surface area contributed by atoms with Crippen LogP contribution in [0.3, 0.4) is 0 Å². The Hall–Kier alpha value is -1.46. The average molecular weight is 221 g/mol. The van der Waals surface area contributed by atoms with Gasteiger partial charge in [0.25, 0.3) is 0 Å². The van der Waals surface area contributed by atoms with Gasteiger partial charge in [0.15, 0.2) is 0 Å². The first-order valence-electron chi connectivity index (χ1n) is 5.34. The highest BCUT2D eigenvalue weighted by Gasteiger charge is 2.27. The summed E-state index contributed by atoms with van der Waals surface area (Å²) in [4.78, 5) is 15.6. The van der Waals surface area contributed by atoms with Crippen LogP contribution in [0.2, 0.25) is 0 Å². The summed E-state index contributed by atoms with van der Waals surface area (Å²) in [5.41, 5.74) is 0.967. The predicted octanol–water partition coefficient (Wildman–Crippen LogP) is -0.579. The summed E-state index contributed by atoms with van der Waals surface area (Å²) in [5, 5.41) is 15.1. The lowest BCUT2D eigenvalue weighted by atomic mass is 10.2. The molecule has 0 aliphatic carbocycles. The van der Waals surface area contributed by atoms with Gasteiger partial charge in [0, 0.05) is 25.5 Å². The number of carbonyl (C=O) groups excluding carboxylic acids is 1. The van der Waals surface area contributed by atoms with Gasteiger partial charge in [-0.1, -0.05) is 6.07 Å². The van der Waals surface area contributed by atoms with E-state index in [1.165, 1.54) is 0 Å². The van der Waals surface area contributed by atoms with Crippen LogP contribution >= 0.6 is 0 Å². The van der Waals surface area contributed by atoms with Gasteiger partial charge < -0.3 is 15.7 Å². The summed E-state index contributed by atoms with van der Waals surface area (Å²) in [7, 11) is 0. The number of aromatic nitrogens is 1. The minimum Gasteiger partial charge on any atom is -0.392 e. The van der Waals surface area contributed by atoms with E-state index in [9.17, 15) is 9.90 Å². The molecule has 86 valence electrons. The largest absolute Gasteiger partial charge is 0.392 e. The zero-order valence-electron chi connectivity index (χ0n) is 8.89. The average Bonchev–Trinajstić information content (AvgIpc) is 2.74. The Bertz CT molecular complexity index is 356. The van der Waals surface area contributed by atoms with Crippen molar-refractivity contribution in [3.05, 3.63) is 30.1 Å². The lowest BCUT2D eigenvalue weighted by Gasteiger charge is -2.10. The van der Waals surface area contributed by atoms with E-state index in [4.69, 9.17) is 0 Å². The van der Waals surface area contributed by atoms with Gasteiger partial charge in [0.1, 0.15) is 0 Å².